The normalized spacial score (nSPS) is 32.9. The fraction of sp³-hybridized carbons (Fsp3) is 0.909. The highest BCUT2D eigenvalue weighted by molar-refractivity contribution is 5.70. The molecule has 0 radical (unpaired) electrons. The Kier molecular flexibility index (Phi) is 3.06. The molecule has 0 aromatic rings. The lowest BCUT2D eigenvalue weighted by atomic mass is 9.86. The van der Waals surface area contributed by atoms with E-state index in [1.165, 1.54) is 12.8 Å². The van der Waals surface area contributed by atoms with Gasteiger partial charge in [-0.25, -0.2) is 0 Å². The first-order valence-corrected chi connectivity index (χ1v) is 5.72. The van der Waals surface area contributed by atoms with E-state index >= 15 is 0 Å². The topological polar surface area (TPSA) is 49.3 Å². The monoisotopic (exact) mass is 197 g/mol. The lowest BCUT2D eigenvalue weighted by molar-refractivity contribution is -0.143. The molecule has 2 atom stereocenters. The minimum Gasteiger partial charge on any atom is -0.481 e. The van der Waals surface area contributed by atoms with Gasteiger partial charge in [0, 0.05) is 6.04 Å². The van der Waals surface area contributed by atoms with Gasteiger partial charge in [0.15, 0.2) is 0 Å². The van der Waals surface area contributed by atoms with E-state index < -0.39 is 5.97 Å². The van der Waals surface area contributed by atoms with Crippen LogP contribution in [0.15, 0.2) is 0 Å². The smallest absolute Gasteiger partial charge is 0.306 e. The van der Waals surface area contributed by atoms with E-state index in [4.69, 9.17) is 5.11 Å². The van der Waals surface area contributed by atoms with Crippen LogP contribution in [0.5, 0.6) is 0 Å². The van der Waals surface area contributed by atoms with Crippen LogP contribution in [0.25, 0.3) is 0 Å². The highest BCUT2D eigenvalue weighted by Gasteiger charge is 2.28. The summed E-state index contributed by atoms with van der Waals surface area (Å²) in [5, 5.41) is 12.4. The number of carbonyl (C=O) groups is 1. The van der Waals surface area contributed by atoms with Crippen molar-refractivity contribution < 1.29 is 9.90 Å². The number of nitrogens with one attached hydrogen (secondary N) is 1. The van der Waals surface area contributed by atoms with E-state index in [2.05, 4.69) is 5.32 Å². The maximum Gasteiger partial charge on any atom is 0.306 e. The average molecular weight is 197 g/mol. The molecule has 80 valence electrons. The molecule has 2 rings (SSSR count). The van der Waals surface area contributed by atoms with Crippen molar-refractivity contribution in [2.75, 3.05) is 6.54 Å². The molecule has 2 fully saturated rings. The van der Waals surface area contributed by atoms with Gasteiger partial charge in [0.2, 0.25) is 0 Å². The SMILES string of the molecule is O=C(O)C1CCCC(NCC2CC2)C1. The molecular weight excluding hydrogens is 178 g/mol. The van der Waals surface area contributed by atoms with Gasteiger partial charge in [-0.3, -0.25) is 4.79 Å². The maximum absolute atomic E-state index is 10.8. The average Bonchev–Trinajstić information content (AvgIpc) is 2.99. The van der Waals surface area contributed by atoms with Crippen LogP contribution in [0.3, 0.4) is 0 Å². The van der Waals surface area contributed by atoms with E-state index in [1.54, 1.807) is 0 Å². The van der Waals surface area contributed by atoms with Gasteiger partial charge in [0.1, 0.15) is 0 Å². The summed E-state index contributed by atoms with van der Waals surface area (Å²) >= 11 is 0. The predicted molar refractivity (Wildman–Crippen MR) is 54.1 cm³/mol. The first-order chi connectivity index (χ1) is 6.75. The van der Waals surface area contributed by atoms with Crippen LogP contribution in [0.1, 0.15) is 38.5 Å². The molecule has 0 aromatic carbocycles. The molecule has 0 heterocycles. The van der Waals surface area contributed by atoms with Gasteiger partial charge < -0.3 is 10.4 Å². The van der Waals surface area contributed by atoms with Gasteiger partial charge in [-0.05, 0) is 44.6 Å². The minimum atomic E-state index is -0.608. The van der Waals surface area contributed by atoms with E-state index in [1.807, 2.05) is 0 Å². The molecule has 3 heteroatoms. The zero-order valence-electron chi connectivity index (χ0n) is 8.54. The summed E-state index contributed by atoms with van der Waals surface area (Å²) in [6.07, 6.45) is 6.67. The third kappa shape index (κ3) is 2.71. The van der Waals surface area contributed by atoms with E-state index in [-0.39, 0.29) is 5.92 Å². The second kappa shape index (κ2) is 4.30. The Morgan fingerprint density at radius 3 is 2.71 bits per heavy atom. The molecule has 0 aromatic heterocycles. The van der Waals surface area contributed by atoms with Gasteiger partial charge in [0.05, 0.1) is 5.92 Å². The van der Waals surface area contributed by atoms with Crippen molar-refractivity contribution in [3.05, 3.63) is 0 Å². The summed E-state index contributed by atoms with van der Waals surface area (Å²) in [5.74, 6) is 0.184. The van der Waals surface area contributed by atoms with Gasteiger partial charge in [-0.15, -0.1) is 0 Å². The molecule has 2 aliphatic rings. The standard InChI is InChI=1S/C11H19NO2/c13-11(14)9-2-1-3-10(6-9)12-7-8-4-5-8/h8-10,12H,1-7H2,(H,13,14). The molecule has 2 N–H and O–H groups in total. The fourth-order valence-electron chi connectivity index (χ4n) is 2.25. The Morgan fingerprint density at radius 1 is 1.29 bits per heavy atom. The zero-order valence-corrected chi connectivity index (χ0v) is 8.54. The molecule has 3 nitrogen and oxygen atoms in total. The third-order valence-corrected chi connectivity index (χ3v) is 3.42. The molecular formula is C11H19NO2. The van der Waals surface area contributed by atoms with Crippen molar-refractivity contribution in [3.63, 3.8) is 0 Å². The minimum absolute atomic E-state index is 0.0968. The van der Waals surface area contributed by atoms with Gasteiger partial charge >= 0.3 is 5.97 Å². The van der Waals surface area contributed by atoms with Crippen molar-refractivity contribution in [2.45, 2.75) is 44.6 Å². The summed E-state index contributed by atoms with van der Waals surface area (Å²) < 4.78 is 0. The Hall–Kier alpha value is -0.570. The molecule has 2 unspecified atom stereocenters. The fourth-order valence-corrected chi connectivity index (χ4v) is 2.25. The highest BCUT2D eigenvalue weighted by atomic mass is 16.4. The maximum atomic E-state index is 10.8. The van der Waals surface area contributed by atoms with Crippen LogP contribution in [-0.2, 0) is 4.79 Å². The molecule has 2 aliphatic carbocycles. The number of aliphatic carboxylic acids is 1. The Morgan fingerprint density at radius 2 is 2.07 bits per heavy atom. The third-order valence-electron chi connectivity index (χ3n) is 3.42. The summed E-state index contributed by atoms with van der Waals surface area (Å²) in [7, 11) is 0. The number of rotatable bonds is 4. The Labute approximate surface area is 84.9 Å². The molecule has 0 bridgehead atoms. The summed E-state index contributed by atoms with van der Waals surface area (Å²) in [4.78, 5) is 10.8. The first kappa shape index (κ1) is 9.97. The number of carboxylic acids is 1. The van der Waals surface area contributed by atoms with Crippen LogP contribution >= 0.6 is 0 Å². The summed E-state index contributed by atoms with van der Waals surface area (Å²) in [6, 6.07) is 0.463. The number of hydrogen-bond acceptors (Lipinski definition) is 2. The van der Waals surface area contributed by atoms with Crippen LogP contribution < -0.4 is 5.32 Å². The zero-order chi connectivity index (χ0) is 9.97. The molecule has 0 spiro atoms. The quantitative estimate of drug-likeness (QED) is 0.720. The van der Waals surface area contributed by atoms with Crippen molar-refractivity contribution in [3.8, 4) is 0 Å². The highest BCUT2D eigenvalue weighted by Crippen LogP contribution is 2.29. The van der Waals surface area contributed by atoms with Gasteiger partial charge in [0.25, 0.3) is 0 Å². The number of hydrogen-bond donors (Lipinski definition) is 2. The van der Waals surface area contributed by atoms with E-state index in [9.17, 15) is 4.79 Å². The van der Waals surface area contributed by atoms with Crippen molar-refractivity contribution in [1.29, 1.82) is 0 Å². The lowest BCUT2D eigenvalue weighted by Crippen LogP contribution is -2.37. The second-order valence-corrected chi connectivity index (χ2v) is 4.75. The van der Waals surface area contributed by atoms with Crippen molar-refractivity contribution >= 4 is 5.97 Å². The van der Waals surface area contributed by atoms with Crippen LogP contribution in [0, 0.1) is 11.8 Å². The van der Waals surface area contributed by atoms with Crippen molar-refractivity contribution in [2.24, 2.45) is 11.8 Å². The molecule has 0 aliphatic heterocycles. The molecule has 0 amide bonds. The van der Waals surface area contributed by atoms with E-state index in [0.29, 0.717) is 6.04 Å². The summed E-state index contributed by atoms with van der Waals surface area (Å²) in [5.41, 5.74) is 0. The second-order valence-electron chi connectivity index (χ2n) is 4.75. The first-order valence-electron chi connectivity index (χ1n) is 5.72. The van der Waals surface area contributed by atoms with Gasteiger partial charge in [-0.1, -0.05) is 6.42 Å². The van der Waals surface area contributed by atoms with Crippen LogP contribution in [0.2, 0.25) is 0 Å². The van der Waals surface area contributed by atoms with E-state index in [0.717, 1.165) is 38.1 Å². The predicted octanol–water partition coefficient (Wildman–Crippen LogP) is 1.63. The molecule has 2 saturated carbocycles. The molecule has 0 saturated heterocycles. The number of carboxylic acid groups (broad SMARTS) is 1. The van der Waals surface area contributed by atoms with Crippen molar-refractivity contribution in [1.82, 2.24) is 5.32 Å². The van der Waals surface area contributed by atoms with Crippen LogP contribution in [0.4, 0.5) is 0 Å². The lowest BCUT2D eigenvalue weighted by Gasteiger charge is -2.27. The molecule has 14 heavy (non-hydrogen) atoms. The van der Waals surface area contributed by atoms with Crippen LogP contribution in [-0.4, -0.2) is 23.7 Å². The largest absolute Gasteiger partial charge is 0.481 e. The summed E-state index contributed by atoms with van der Waals surface area (Å²) in [6.45, 7) is 1.11. The van der Waals surface area contributed by atoms with Gasteiger partial charge in [-0.2, -0.15) is 0 Å². The Balaban J connectivity index is 1.72. The Bertz CT molecular complexity index is 213.